The molecule has 0 aromatic rings. The Labute approximate surface area is 55.5 Å². The van der Waals surface area contributed by atoms with Gasteiger partial charge in [-0.25, -0.2) is 13.1 Å². The maximum atomic E-state index is 10.5. The van der Waals surface area contributed by atoms with Gasteiger partial charge in [0.15, 0.2) is 0 Å². The Balaban J connectivity index is 2.33. The van der Waals surface area contributed by atoms with Crippen molar-refractivity contribution in [1.82, 2.24) is 4.72 Å². The highest BCUT2D eigenvalue weighted by atomic mass is 32.2. The van der Waals surface area contributed by atoms with Crippen LogP contribution in [0.15, 0.2) is 0 Å². The van der Waals surface area contributed by atoms with E-state index in [4.69, 9.17) is 0 Å². The maximum Gasteiger partial charge on any atom is 0.209 e. The molecule has 3 nitrogen and oxygen atoms in total. The van der Waals surface area contributed by atoms with Crippen LogP contribution in [0.2, 0.25) is 0 Å². The molecule has 0 amide bonds. The summed E-state index contributed by atoms with van der Waals surface area (Å²) in [5, 5.41) is 0. The van der Waals surface area contributed by atoms with Gasteiger partial charge >= 0.3 is 0 Å². The summed E-state index contributed by atoms with van der Waals surface area (Å²) in [5.74, 6) is 0. The van der Waals surface area contributed by atoms with Crippen LogP contribution < -0.4 is 4.72 Å². The van der Waals surface area contributed by atoms with Gasteiger partial charge in [0.2, 0.25) is 10.0 Å². The molecule has 1 rings (SSSR count). The summed E-state index contributed by atoms with van der Waals surface area (Å²) in [6.45, 7) is 0. The third-order valence-electron chi connectivity index (χ3n) is 1.29. The van der Waals surface area contributed by atoms with Crippen LogP contribution in [-0.4, -0.2) is 14.7 Å². The van der Waals surface area contributed by atoms with E-state index in [0.29, 0.717) is 0 Å². The van der Waals surface area contributed by atoms with E-state index in [2.05, 4.69) is 4.72 Å². The van der Waals surface area contributed by atoms with E-state index in [1.54, 1.807) is 0 Å². The maximum absolute atomic E-state index is 10.5. The Hall–Kier alpha value is -0.0900. The Kier molecular flexibility index (Phi) is 1.77. The van der Waals surface area contributed by atoms with Gasteiger partial charge in [-0.1, -0.05) is 0 Å². The molecule has 1 aliphatic rings. The van der Waals surface area contributed by atoms with E-state index in [-0.39, 0.29) is 0 Å². The highest BCUT2D eigenvalue weighted by Crippen LogP contribution is 2.25. The van der Waals surface area contributed by atoms with Gasteiger partial charge in [-0.05, 0) is 19.3 Å². The minimum Gasteiger partial charge on any atom is -0.213 e. The molecule has 1 aliphatic carbocycles. The summed E-state index contributed by atoms with van der Waals surface area (Å²) < 4.78 is 23.4. The van der Waals surface area contributed by atoms with Crippen LogP contribution in [0.5, 0.6) is 0 Å². The number of nitrogens with one attached hydrogen (secondary N) is 1. The van der Waals surface area contributed by atoms with Gasteiger partial charge in [-0.15, -0.1) is 0 Å². The largest absolute Gasteiger partial charge is 0.213 e. The summed E-state index contributed by atoms with van der Waals surface area (Å²) in [6.07, 6.45) is 4.15. The molecule has 1 fully saturated rings. The SMILES string of the molecule is CS(=O)(=O)N[C]1CCC1. The minimum atomic E-state index is -2.97. The topological polar surface area (TPSA) is 46.2 Å². The lowest BCUT2D eigenvalue weighted by Gasteiger charge is -2.23. The molecule has 1 N–H and O–H groups in total. The quantitative estimate of drug-likeness (QED) is 0.610. The van der Waals surface area contributed by atoms with Crippen molar-refractivity contribution >= 4 is 10.0 Å². The fourth-order valence-corrected chi connectivity index (χ4v) is 1.45. The molecule has 0 spiro atoms. The highest BCUT2D eigenvalue weighted by Gasteiger charge is 2.21. The second-order valence-electron chi connectivity index (χ2n) is 2.33. The molecule has 53 valence electrons. The van der Waals surface area contributed by atoms with Crippen LogP contribution in [-0.2, 0) is 10.0 Å². The number of rotatable bonds is 2. The first-order chi connectivity index (χ1) is 4.08. The van der Waals surface area contributed by atoms with Crippen LogP contribution in [0.4, 0.5) is 0 Å². The fourth-order valence-electron chi connectivity index (χ4n) is 0.718. The van der Waals surface area contributed by atoms with Gasteiger partial charge in [0, 0.05) is 0 Å². The van der Waals surface area contributed by atoms with Gasteiger partial charge in [0.1, 0.15) is 0 Å². The predicted octanol–water partition coefficient (Wildman–Crippen LogP) is 0.251. The van der Waals surface area contributed by atoms with Crippen molar-refractivity contribution in [2.75, 3.05) is 6.26 Å². The molecule has 9 heavy (non-hydrogen) atoms. The van der Waals surface area contributed by atoms with Crippen LogP contribution in [0, 0.1) is 6.04 Å². The van der Waals surface area contributed by atoms with Crippen molar-refractivity contribution in [2.45, 2.75) is 19.3 Å². The highest BCUT2D eigenvalue weighted by molar-refractivity contribution is 7.88. The molecule has 0 atom stereocenters. The van der Waals surface area contributed by atoms with Crippen molar-refractivity contribution in [3.05, 3.63) is 6.04 Å². The molecule has 0 aromatic heterocycles. The van der Waals surface area contributed by atoms with Gasteiger partial charge in [-0.3, -0.25) is 0 Å². The molecule has 0 bridgehead atoms. The molecule has 0 saturated heterocycles. The van der Waals surface area contributed by atoms with Crippen molar-refractivity contribution in [3.8, 4) is 0 Å². The Morgan fingerprint density at radius 2 is 2.00 bits per heavy atom. The smallest absolute Gasteiger partial charge is 0.209 e. The zero-order chi connectivity index (χ0) is 6.91. The molecule has 1 radical (unpaired) electrons. The van der Waals surface area contributed by atoms with Gasteiger partial charge in [0.25, 0.3) is 0 Å². The first kappa shape index (κ1) is 7.02. The van der Waals surface area contributed by atoms with Crippen molar-refractivity contribution in [2.24, 2.45) is 0 Å². The van der Waals surface area contributed by atoms with Crippen molar-refractivity contribution in [3.63, 3.8) is 0 Å². The van der Waals surface area contributed by atoms with Crippen LogP contribution >= 0.6 is 0 Å². The van der Waals surface area contributed by atoms with Crippen LogP contribution in [0.1, 0.15) is 19.3 Å². The second kappa shape index (κ2) is 2.27. The normalized spacial score (nSPS) is 21.4. The van der Waals surface area contributed by atoms with Gasteiger partial charge < -0.3 is 0 Å². The summed E-state index contributed by atoms with van der Waals surface area (Å²) in [6, 6.07) is 0.956. The van der Waals surface area contributed by atoms with Crippen molar-refractivity contribution < 1.29 is 8.42 Å². The Bertz CT molecular complexity index is 181. The molecule has 0 unspecified atom stereocenters. The molecular weight excluding hydrogens is 138 g/mol. The lowest BCUT2D eigenvalue weighted by atomic mass is 9.94. The summed E-state index contributed by atoms with van der Waals surface area (Å²) >= 11 is 0. The van der Waals surface area contributed by atoms with Gasteiger partial charge in [-0.2, -0.15) is 0 Å². The van der Waals surface area contributed by atoms with E-state index in [9.17, 15) is 8.42 Å². The molecule has 1 saturated carbocycles. The molecular formula is C5H10NO2S. The minimum absolute atomic E-state index is 0.924. The average Bonchev–Trinajstić information content (AvgIpc) is 1.53. The zero-order valence-corrected chi connectivity index (χ0v) is 6.16. The monoisotopic (exact) mass is 148 g/mol. The van der Waals surface area contributed by atoms with E-state index in [1.807, 2.05) is 0 Å². The summed E-state index contributed by atoms with van der Waals surface area (Å²) in [4.78, 5) is 0. The lowest BCUT2D eigenvalue weighted by Crippen LogP contribution is -2.31. The van der Waals surface area contributed by atoms with E-state index >= 15 is 0 Å². The molecule has 0 aliphatic heterocycles. The predicted molar refractivity (Wildman–Crippen MR) is 35.1 cm³/mol. The van der Waals surface area contributed by atoms with E-state index in [1.165, 1.54) is 6.26 Å². The Morgan fingerprint density at radius 1 is 1.44 bits per heavy atom. The summed E-state index contributed by atoms with van der Waals surface area (Å²) in [5.41, 5.74) is 0. The van der Waals surface area contributed by atoms with Gasteiger partial charge in [0.05, 0.1) is 12.3 Å². The molecule has 4 heteroatoms. The number of hydrogen-bond donors (Lipinski definition) is 1. The second-order valence-corrected chi connectivity index (χ2v) is 4.08. The van der Waals surface area contributed by atoms with E-state index in [0.717, 1.165) is 25.3 Å². The average molecular weight is 148 g/mol. The third-order valence-corrected chi connectivity index (χ3v) is 1.95. The zero-order valence-electron chi connectivity index (χ0n) is 5.35. The standard InChI is InChI=1S/C5H10NO2S/c1-9(7,8)6-5-3-2-4-5/h6H,2-4H2,1H3. The van der Waals surface area contributed by atoms with Crippen LogP contribution in [0.25, 0.3) is 0 Å². The van der Waals surface area contributed by atoms with E-state index < -0.39 is 10.0 Å². The first-order valence-corrected chi connectivity index (χ1v) is 4.79. The lowest BCUT2D eigenvalue weighted by molar-refractivity contribution is 0.500. The Morgan fingerprint density at radius 3 is 2.11 bits per heavy atom. The fraction of sp³-hybridized carbons (Fsp3) is 0.800. The number of hydrogen-bond acceptors (Lipinski definition) is 2. The van der Waals surface area contributed by atoms with Crippen molar-refractivity contribution in [1.29, 1.82) is 0 Å². The summed E-state index contributed by atoms with van der Waals surface area (Å²) in [7, 11) is -2.97. The first-order valence-electron chi connectivity index (χ1n) is 2.90. The van der Waals surface area contributed by atoms with Crippen LogP contribution in [0.3, 0.4) is 0 Å². The molecule has 0 heterocycles. The number of sulfonamides is 1. The molecule has 0 aromatic carbocycles. The third kappa shape index (κ3) is 2.32.